The number of hydrogen-bond acceptors (Lipinski definition) is 4. The third kappa shape index (κ3) is 6.23. The largest absolute Gasteiger partial charge is 0.494 e. The summed E-state index contributed by atoms with van der Waals surface area (Å²) in [5, 5.41) is 3.96. The van der Waals surface area contributed by atoms with Crippen molar-refractivity contribution in [3.8, 4) is 11.5 Å². The average Bonchev–Trinajstić information content (AvgIpc) is 2.62. The molecule has 0 unspecified atom stereocenters. The van der Waals surface area contributed by atoms with Gasteiger partial charge in [0.2, 0.25) is 0 Å². The molecule has 0 aliphatic heterocycles. The van der Waals surface area contributed by atoms with Crippen LogP contribution >= 0.6 is 15.9 Å². The number of benzene rings is 2. The molecule has 5 nitrogen and oxygen atoms in total. The molecule has 0 heterocycles. The molecule has 1 N–H and O–H groups in total. The Morgan fingerprint density at radius 3 is 2.64 bits per heavy atom. The topological polar surface area (TPSA) is 59.9 Å². The molecule has 2 rings (SSSR count). The summed E-state index contributed by atoms with van der Waals surface area (Å²) in [6.07, 6.45) is 1.88. The second kappa shape index (κ2) is 9.84. The molecule has 6 heteroatoms. The van der Waals surface area contributed by atoms with E-state index in [-0.39, 0.29) is 5.91 Å². The van der Waals surface area contributed by atoms with E-state index in [1.54, 1.807) is 19.2 Å². The van der Waals surface area contributed by atoms with Crippen molar-refractivity contribution in [2.24, 2.45) is 5.10 Å². The fraction of sp³-hybridized carbons (Fsp3) is 0.263. The fourth-order valence-electron chi connectivity index (χ4n) is 1.92. The zero-order chi connectivity index (χ0) is 18.1. The first-order valence-corrected chi connectivity index (χ1v) is 8.86. The van der Waals surface area contributed by atoms with Gasteiger partial charge in [-0.05, 0) is 71.2 Å². The van der Waals surface area contributed by atoms with Gasteiger partial charge in [-0.25, -0.2) is 5.43 Å². The van der Waals surface area contributed by atoms with Gasteiger partial charge in [-0.1, -0.05) is 19.1 Å². The Morgan fingerprint density at radius 1 is 1.24 bits per heavy atom. The van der Waals surface area contributed by atoms with Crippen molar-refractivity contribution in [3.05, 3.63) is 58.6 Å². The van der Waals surface area contributed by atoms with Gasteiger partial charge in [0.15, 0.2) is 6.10 Å². The van der Waals surface area contributed by atoms with Gasteiger partial charge in [0.1, 0.15) is 11.5 Å². The van der Waals surface area contributed by atoms with Crippen molar-refractivity contribution >= 4 is 28.1 Å². The number of nitrogens with zero attached hydrogens (tertiary/aromatic N) is 1. The molecule has 0 aliphatic carbocycles. The van der Waals surface area contributed by atoms with Crippen LogP contribution in [0, 0.1) is 0 Å². The minimum Gasteiger partial charge on any atom is -0.494 e. The molecular weight excluding hydrogens is 384 g/mol. The molecule has 0 spiro atoms. The van der Waals surface area contributed by atoms with Gasteiger partial charge < -0.3 is 9.47 Å². The molecule has 0 aliphatic rings. The van der Waals surface area contributed by atoms with Crippen LogP contribution < -0.4 is 14.9 Å². The lowest BCUT2D eigenvalue weighted by Crippen LogP contribution is -2.33. The van der Waals surface area contributed by atoms with Crippen LogP contribution in [0.1, 0.15) is 25.8 Å². The second-order valence-corrected chi connectivity index (χ2v) is 6.20. The lowest BCUT2D eigenvalue weighted by molar-refractivity contribution is -0.127. The van der Waals surface area contributed by atoms with Gasteiger partial charge in [0, 0.05) is 0 Å². The van der Waals surface area contributed by atoms with Crippen LogP contribution in [0.3, 0.4) is 0 Å². The summed E-state index contributed by atoms with van der Waals surface area (Å²) in [7, 11) is 0. The van der Waals surface area contributed by atoms with Crippen LogP contribution in [0.2, 0.25) is 0 Å². The van der Waals surface area contributed by atoms with E-state index in [0.29, 0.717) is 12.4 Å². The summed E-state index contributed by atoms with van der Waals surface area (Å²) >= 11 is 3.38. The number of para-hydroxylation sites is 1. The standard InChI is InChI=1S/C19H21BrN2O3/c1-3-12-24-16-10-8-15(9-11-16)13-21-22-19(23)14(2)25-18-7-5-4-6-17(18)20/h4-11,13-14H,3,12H2,1-2H3,(H,22,23)/b21-13-/t14-/m0/s1. The maximum atomic E-state index is 12.0. The van der Waals surface area contributed by atoms with Crippen molar-refractivity contribution in [2.45, 2.75) is 26.4 Å². The Bertz CT molecular complexity index is 717. The molecule has 0 fully saturated rings. The van der Waals surface area contributed by atoms with Gasteiger partial charge in [-0.2, -0.15) is 5.10 Å². The number of halogens is 1. The normalized spacial score (nSPS) is 12.0. The number of hydrazone groups is 1. The summed E-state index contributed by atoms with van der Waals surface area (Å²) in [6.45, 7) is 4.42. The molecule has 1 atom stereocenters. The van der Waals surface area contributed by atoms with Crippen LogP contribution in [0.4, 0.5) is 0 Å². The van der Waals surface area contributed by atoms with E-state index in [1.807, 2.05) is 42.5 Å². The number of nitrogens with one attached hydrogen (secondary N) is 1. The van der Waals surface area contributed by atoms with Crippen molar-refractivity contribution < 1.29 is 14.3 Å². The maximum Gasteiger partial charge on any atom is 0.280 e. The SMILES string of the molecule is CCCOc1ccc(/C=N\NC(=O)[C@H](C)Oc2ccccc2Br)cc1. The summed E-state index contributed by atoms with van der Waals surface area (Å²) in [5.41, 5.74) is 3.34. The van der Waals surface area contributed by atoms with Gasteiger partial charge >= 0.3 is 0 Å². The summed E-state index contributed by atoms with van der Waals surface area (Å²) in [6, 6.07) is 14.9. The Labute approximate surface area is 156 Å². The molecule has 0 saturated heterocycles. The van der Waals surface area contributed by atoms with Gasteiger partial charge in [-0.15, -0.1) is 0 Å². The van der Waals surface area contributed by atoms with Gasteiger partial charge in [-0.3, -0.25) is 4.79 Å². The number of amides is 1. The highest BCUT2D eigenvalue weighted by molar-refractivity contribution is 9.10. The van der Waals surface area contributed by atoms with Crippen LogP contribution in [0.25, 0.3) is 0 Å². The number of carbonyl (C=O) groups is 1. The van der Waals surface area contributed by atoms with E-state index in [0.717, 1.165) is 22.2 Å². The predicted octanol–water partition coefficient (Wildman–Crippen LogP) is 4.16. The minimum atomic E-state index is -0.666. The van der Waals surface area contributed by atoms with E-state index in [1.165, 1.54) is 0 Å². The first-order valence-electron chi connectivity index (χ1n) is 8.07. The zero-order valence-electron chi connectivity index (χ0n) is 14.2. The highest BCUT2D eigenvalue weighted by Crippen LogP contribution is 2.24. The quantitative estimate of drug-likeness (QED) is 0.530. The highest BCUT2D eigenvalue weighted by atomic mass is 79.9. The van der Waals surface area contributed by atoms with Crippen molar-refractivity contribution in [3.63, 3.8) is 0 Å². The number of rotatable bonds is 8. The molecule has 2 aromatic rings. The molecule has 25 heavy (non-hydrogen) atoms. The first-order chi connectivity index (χ1) is 12.1. The van der Waals surface area contributed by atoms with Crippen LogP contribution in [-0.4, -0.2) is 24.8 Å². The van der Waals surface area contributed by atoms with Crippen molar-refractivity contribution in [1.82, 2.24) is 5.43 Å². The Balaban J connectivity index is 1.84. The van der Waals surface area contributed by atoms with Gasteiger partial charge in [0.05, 0.1) is 17.3 Å². The van der Waals surface area contributed by atoms with E-state index < -0.39 is 6.10 Å². The molecule has 0 radical (unpaired) electrons. The predicted molar refractivity (Wildman–Crippen MR) is 102 cm³/mol. The summed E-state index contributed by atoms with van der Waals surface area (Å²) in [5.74, 6) is 1.10. The molecule has 0 saturated carbocycles. The Morgan fingerprint density at radius 2 is 1.96 bits per heavy atom. The fourth-order valence-corrected chi connectivity index (χ4v) is 2.29. The van der Waals surface area contributed by atoms with E-state index >= 15 is 0 Å². The molecule has 132 valence electrons. The maximum absolute atomic E-state index is 12.0. The van der Waals surface area contributed by atoms with Crippen molar-refractivity contribution in [2.75, 3.05) is 6.61 Å². The number of ether oxygens (including phenoxy) is 2. The third-order valence-corrected chi connectivity index (χ3v) is 3.91. The van der Waals surface area contributed by atoms with Gasteiger partial charge in [0.25, 0.3) is 5.91 Å². The lowest BCUT2D eigenvalue weighted by Gasteiger charge is -2.13. The van der Waals surface area contributed by atoms with Crippen molar-refractivity contribution in [1.29, 1.82) is 0 Å². The van der Waals surface area contributed by atoms with E-state index in [4.69, 9.17) is 9.47 Å². The van der Waals surface area contributed by atoms with E-state index in [2.05, 4.69) is 33.4 Å². The summed E-state index contributed by atoms with van der Waals surface area (Å²) in [4.78, 5) is 12.0. The Hall–Kier alpha value is -2.34. The zero-order valence-corrected chi connectivity index (χ0v) is 15.8. The van der Waals surface area contributed by atoms with Crippen LogP contribution in [0.5, 0.6) is 11.5 Å². The number of hydrogen-bond donors (Lipinski definition) is 1. The lowest BCUT2D eigenvalue weighted by atomic mass is 10.2. The average molecular weight is 405 g/mol. The molecule has 0 aromatic heterocycles. The molecule has 0 bridgehead atoms. The molecular formula is C19H21BrN2O3. The highest BCUT2D eigenvalue weighted by Gasteiger charge is 2.15. The second-order valence-electron chi connectivity index (χ2n) is 5.34. The first kappa shape index (κ1) is 19.0. The van der Waals surface area contributed by atoms with Crippen LogP contribution in [0.15, 0.2) is 58.1 Å². The molecule has 2 aromatic carbocycles. The summed E-state index contributed by atoms with van der Waals surface area (Å²) < 4.78 is 11.9. The Kier molecular flexibility index (Phi) is 7.47. The monoisotopic (exact) mass is 404 g/mol. The van der Waals surface area contributed by atoms with E-state index in [9.17, 15) is 4.79 Å². The molecule has 1 amide bonds. The smallest absolute Gasteiger partial charge is 0.280 e. The van der Waals surface area contributed by atoms with Crippen LogP contribution in [-0.2, 0) is 4.79 Å². The minimum absolute atomic E-state index is 0.324. The third-order valence-electron chi connectivity index (χ3n) is 3.25. The number of carbonyl (C=O) groups excluding carboxylic acids is 1.